The van der Waals surface area contributed by atoms with E-state index >= 15 is 0 Å². The molecular weight excluding hydrogens is 510 g/mol. The summed E-state index contributed by atoms with van der Waals surface area (Å²) in [4.78, 5) is 4.21. The standard InChI is InChI=1S/C26H27N5O6S/c1-16-11-12-21(37-16)26-29-28-23(31(26)24-19(35-3)8-6-9-20(24)36-4)15-38(33,34)17(2)25(32)18-7-5-10-22-27-13-14-30(18)22/h5-14,17,25,32H,15H2,1-4H3/t17-,25+/m1/s1. The van der Waals surface area contributed by atoms with Gasteiger partial charge in [-0.15, -0.1) is 10.2 Å². The first-order chi connectivity index (χ1) is 18.2. The Morgan fingerprint density at radius 3 is 2.39 bits per heavy atom. The molecule has 0 unspecified atom stereocenters. The van der Waals surface area contributed by atoms with Crippen LogP contribution in [0.3, 0.4) is 0 Å². The Kier molecular flexibility index (Phi) is 6.67. The zero-order valence-corrected chi connectivity index (χ0v) is 22.1. The molecule has 0 saturated carbocycles. The van der Waals surface area contributed by atoms with Crippen molar-refractivity contribution in [1.29, 1.82) is 0 Å². The van der Waals surface area contributed by atoms with Gasteiger partial charge in [0.15, 0.2) is 21.4 Å². The molecular formula is C26H27N5O6S. The normalized spacial score (nSPS) is 13.5. The van der Waals surface area contributed by atoms with E-state index in [1.165, 1.54) is 21.1 Å². The Hall–Kier alpha value is -4.16. The molecule has 4 heterocycles. The summed E-state index contributed by atoms with van der Waals surface area (Å²) in [7, 11) is -0.955. The molecule has 0 aliphatic rings. The highest BCUT2D eigenvalue weighted by Crippen LogP contribution is 2.37. The predicted octanol–water partition coefficient (Wildman–Crippen LogP) is 3.54. The number of methoxy groups -OCH3 is 2. The maximum Gasteiger partial charge on any atom is 0.204 e. The molecule has 0 spiro atoms. The molecule has 0 fully saturated rings. The van der Waals surface area contributed by atoms with Gasteiger partial charge < -0.3 is 23.4 Å². The number of aryl methyl sites for hydroxylation is 1. The van der Waals surface area contributed by atoms with Gasteiger partial charge in [0.1, 0.15) is 40.5 Å². The molecule has 0 aliphatic heterocycles. The monoisotopic (exact) mass is 537 g/mol. The molecule has 0 bridgehead atoms. The maximum atomic E-state index is 13.7. The molecule has 0 radical (unpaired) electrons. The Balaban J connectivity index is 1.60. The summed E-state index contributed by atoms with van der Waals surface area (Å²) in [5, 5.41) is 18.5. The number of rotatable bonds is 9. The van der Waals surface area contributed by atoms with Crippen molar-refractivity contribution in [3.8, 4) is 28.8 Å². The summed E-state index contributed by atoms with van der Waals surface area (Å²) in [5.74, 6) is 1.77. The lowest BCUT2D eigenvalue weighted by molar-refractivity contribution is 0.169. The highest BCUT2D eigenvalue weighted by atomic mass is 32.2. The van der Waals surface area contributed by atoms with Crippen molar-refractivity contribution in [2.45, 2.75) is 31.0 Å². The lowest BCUT2D eigenvalue weighted by Gasteiger charge is -2.21. The average molecular weight is 538 g/mol. The van der Waals surface area contributed by atoms with Crippen molar-refractivity contribution >= 4 is 15.5 Å². The number of sulfone groups is 1. The van der Waals surface area contributed by atoms with Gasteiger partial charge in [0, 0.05) is 12.4 Å². The van der Waals surface area contributed by atoms with E-state index in [9.17, 15) is 13.5 Å². The van der Waals surface area contributed by atoms with E-state index in [0.717, 1.165) is 0 Å². The molecule has 4 aromatic heterocycles. The van der Waals surface area contributed by atoms with Gasteiger partial charge in [-0.1, -0.05) is 12.1 Å². The zero-order chi connectivity index (χ0) is 27.0. The Labute approximate surface area is 219 Å². The van der Waals surface area contributed by atoms with Crippen LogP contribution in [0.4, 0.5) is 0 Å². The summed E-state index contributed by atoms with van der Waals surface area (Å²) in [6, 6.07) is 13.9. The van der Waals surface area contributed by atoms with E-state index in [0.29, 0.717) is 40.0 Å². The van der Waals surface area contributed by atoms with Crippen molar-refractivity contribution in [2.24, 2.45) is 0 Å². The molecule has 5 aromatic rings. The van der Waals surface area contributed by atoms with E-state index in [2.05, 4.69) is 15.2 Å². The second-order valence-corrected chi connectivity index (χ2v) is 11.1. The largest absolute Gasteiger partial charge is 0.494 e. The van der Waals surface area contributed by atoms with Gasteiger partial charge in [-0.3, -0.25) is 4.57 Å². The van der Waals surface area contributed by atoms with Gasteiger partial charge in [0.2, 0.25) is 5.82 Å². The Morgan fingerprint density at radius 1 is 1.03 bits per heavy atom. The van der Waals surface area contributed by atoms with E-state index in [-0.39, 0.29) is 11.6 Å². The van der Waals surface area contributed by atoms with Crippen LogP contribution < -0.4 is 9.47 Å². The quantitative estimate of drug-likeness (QED) is 0.300. The van der Waals surface area contributed by atoms with Gasteiger partial charge in [0.25, 0.3) is 0 Å². The van der Waals surface area contributed by atoms with Crippen LogP contribution in [0.2, 0.25) is 0 Å². The highest BCUT2D eigenvalue weighted by molar-refractivity contribution is 7.91. The van der Waals surface area contributed by atoms with Crippen LogP contribution in [-0.4, -0.2) is 57.1 Å². The van der Waals surface area contributed by atoms with Crippen molar-refractivity contribution in [1.82, 2.24) is 24.1 Å². The molecule has 2 atom stereocenters. The third-order valence-electron chi connectivity index (χ3n) is 6.42. The third-order valence-corrected chi connectivity index (χ3v) is 8.47. The van der Waals surface area contributed by atoms with Crippen molar-refractivity contribution in [3.63, 3.8) is 0 Å². The van der Waals surface area contributed by atoms with Crippen LogP contribution in [0.25, 0.3) is 22.9 Å². The van der Waals surface area contributed by atoms with Crippen LogP contribution in [-0.2, 0) is 15.6 Å². The first kappa shape index (κ1) is 25.5. The molecule has 1 N–H and O–H groups in total. The van der Waals surface area contributed by atoms with Gasteiger partial charge >= 0.3 is 0 Å². The molecule has 12 heteroatoms. The number of aliphatic hydroxyl groups is 1. The number of benzene rings is 1. The van der Waals surface area contributed by atoms with Crippen LogP contribution in [0.1, 0.15) is 30.3 Å². The topological polar surface area (TPSA) is 134 Å². The lowest BCUT2D eigenvalue weighted by atomic mass is 10.2. The van der Waals surface area contributed by atoms with Gasteiger partial charge in [-0.05, 0) is 50.2 Å². The molecule has 1 aromatic carbocycles. The molecule has 198 valence electrons. The van der Waals surface area contributed by atoms with Crippen LogP contribution in [0, 0.1) is 6.92 Å². The molecule has 5 rings (SSSR count). The van der Waals surface area contributed by atoms with Gasteiger partial charge in [0.05, 0.1) is 25.2 Å². The lowest BCUT2D eigenvalue weighted by Crippen LogP contribution is -2.29. The number of aromatic nitrogens is 5. The van der Waals surface area contributed by atoms with Crippen LogP contribution in [0.15, 0.2) is 65.3 Å². The third kappa shape index (κ3) is 4.41. The summed E-state index contributed by atoms with van der Waals surface area (Å²) in [6.07, 6.45) is 1.95. The number of hydrogen-bond acceptors (Lipinski definition) is 9. The number of pyridine rings is 1. The SMILES string of the molecule is COc1cccc(OC)c1-n1c(CS(=O)(=O)[C@H](C)[C@H](O)c2cccc3nccn23)nnc1-c1ccc(C)o1. The Morgan fingerprint density at radius 2 is 1.74 bits per heavy atom. The van der Waals surface area contributed by atoms with E-state index in [1.807, 2.05) is 0 Å². The number of hydrogen-bond donors (Lipinski definition) is 1. The number of imidazole rings is 1. The molecule has 0 saturated heterocycles. The number of para-hydroxylation sites is 1. The molecule has 38 heavy (non-hydrogen) atoms. The van der Waals surface area contributed by atoms with Gasteiger partial charge in [-0.2, -0.15) is 0 Å². The summed E-state index contributed by atoms with van der Waals surface area (Å²) in [5.41, 5.74) is 1.44. The number of fused-ring (bicyclic) bond motifs is 1. The first-order valence-electron chi connectivity index (χ1n) is 11.8. The number of aliphatic hydroxyl groups excluding tert-OH is 1. The smallest absolute Gasteiger partial charge is 0.204 e. The minimum Gasteiger partial charge on any atom is -0.494 e. The number of nitrogens with zero attached hydrogens (tertiary/aromatic N) is 5. The molecule has 0 amide bonds. The predicted molar refractivity (Wildman–Crippen MR) is 139 cm³/mol. The molecule has 0 aliphatic carbocycles. The second-order valence-electron chi connectivity index (χ2n) is 8.76. The Bertz CT molecular complexity index is 1680. The molecule has 11 nitrogen and oxygen atoms in total. The summed E-state index contributed by atoms with van der Waals surface area (Å²) in [6.45, 7) is 3.26. The number of furan rings is 1. The zero-order valence-electron chi connectivity index (χ0n) is 21.3. The van der Waals surface area contributed by atoms with E-state index in [1.54, 1.807) is 76.8 Å². The minimum atomic E-state index is -3.97. The summed E-state index contributed by atoms with van der Waals surface area (Å²) >= 11 is 0. The maximum absolute atomic E-state index is 13.7. The second kappa shape index (κ2) is 9.95. The fourth-order valence-electron chi connectivity index (χ4n) is 4.37. The average Bonchev–Trinajstić information content (AvgIpc) is 3.66. The highest BCUT2D eigenvalue weighted by Gasteiger charge is 2.34. The van der Waals surface area contributed by atoms with Crippen molar-refractivity contribution in [2.75, 3.05) is 14.2 Å². The minimum absolute atomic E-state index is 0.108. The van der Waals surface area contributed by atoms with Crippen molar-refractivity contribution in [3.05, 3.63) is 78.2 Å². The number of ether oxygens (including phenoxy) is 2. The van der Waals surface area contributed by atoms with E-state index < -0.39 is 26.9 Å². The van der Waals surface area contributed by atoms with Gasteiger partial charge in [-0.25, -0.2) is 13.4 Å². The first-order valence-corrected chi connectivity index (χ1v) is 13.5. The summed E-state index contributed by atoms with van der Waals surface area (Å²) < 4.78 is 47.5. The van der Waals surface area contributed by atoms with Crippen LogP contribution in [0.5, 0.6) is 11.5 Å². The van der Waals surface area contributed by atoms with Crippen LogP contribution >= 0.6 is 0 Å². The fraction of sp³-hybridized carbons (Fsp3) is 0.269. The fourth-order valence-corrected chi connectivity index (χ4v) is 5.71. The van der Waals surface area contributed by atoms with E-state index in [4.69, 9.17) is 13.9 Å². The van der Waals surface area contributed by atoms with Crippen molar-refractivity contribution < 1.29 is 27.4 Å².